The number of hydrogen-bond acceptors (Lipinski definition) is 2. The molecule has 0 bridgehead atoms. The van der Waals surface area contributed by atoms with Crippen molar-refractivity contribution >= 4 is 11.9 Å². The van der Waals surface area contributed by atoms with Crippen LogP contribution in [0.3, 0.4) is 0 Å². The zero-order valence-electron chi connectivity index (χ0n) is 5.87. The molecule has 0 spiro atoms. The Morgan fingerprint density at radius 3 is 1.36 bits per heavy atom. The van der Waals surface area contributed by atoms with E-state index in [-0.39, 0.29) is 29.6 Å². The number of hydrogen-bond donors (Lipinski definition) is 2. The normalized spacial score (nSPS) is 8.36. The quantitative estimate of drug-likeness (QED) is 0.648. The molecule has 67 valence electrons. The molecule has 0 saturated heterocycles. The van der Waals surface area contributed by atoms with Crippen LogP contribution in [-0.2, 0) is 26.4 Å². The fourth-order valence-corrected chi connectivity index (χ4v) is 0.552. The predicted octanol–water partition coefficient (Wildman–Crippen LogP) is 0.714. The SMILES string of the molecule is O=C(O)CCCCC(=O)O.[Co]. The fourth-order valence-electron chi connectivity index (χ4n) is 0.552. The first kappa shape index (κ1) is 13.1. The smallest absolute Gasteiger partial charge is 0.303 e. The third-order valence-electron chi connectivity index (χ3n) is 1.03. The Hall–Kier alpha value is -0.554. The van der Waals surface area contributed by atoms with E-state index in [0.29, 0.717) is 12.8 Å². The van der Waals surface area contributed by atoms with Crippen LogP contribution in [0.15, 0.2) is 0 Å². The molecule has 4 nitrogen and oxygen atoms in total. The molecule has 0 aromatic carbocycles. The maximum absolute atomic E-state index is 9.90. The van der Waals surface area contributed by atoms with Crippen LogP contribution in [0.4, 0.5) is 0 Å². The Bertz CT molecular complexity index is 119. The van der Waals surface area contributed by atoms with E-state index >= 15 is 0 Å². The van der Waals surface area contributed by atoms with Crippen molar-refractivity contribution in [2.45, 2.75) is 25.7 Å². The van der Waals surface area contributed by atoms with Gasteiger partial charge in [-0.25, -0.2) is 0 Å². The van der Waals surface area contributed by atoms with Crippen molar-refractivity contribution < 1.29 is 36.6 Å². The van der Waals surface area contributed by atoms with Crippen LogP contribution in [0.1, 0.15) is 25.7 Å². The summed E-state index contributed by atoms with van der Waals surface area (Å²) in [6, 6.07) is 0. The Morgan fingerprint density at radius 1 is 0.909 bits per heavy atom. The van der Waals surface area contributed by atoms with Crippen LogP contribution in [0.25, 0.3) is 0 Å². The molecule has 0 aliphatic carbocycles. The van der Waals surface area contributed by atoms with Crippen LogP contribution < -0.4 is 0 Å². The molecule has 0 rings (SSSR count). The van der Waals surface area contributed by atoms with Crippen LogP contribution >= 0.6 is 0 Å². The Labute approximate surface area is 74.8 Å². The summed E-state index contributed by atoms with van der Waals surface area (Å²) < 4.78 is 0. The monoisotopic (exact) mass is 205 g/mol. The molecule has 11 heavy (non-hydrogen) atoms. The van der Waals surface area contributed by atoms with Gasteiger partial charge in [0, 0.05) is 29.6 Å². The molecule has 0 aliphatic rings. The third kappa shape index (κ3) is 12.6. The summed E-state index contributed by atoms with van der Waals surface area (Å²) in [5.74, 6) is -1.74. The van der Waals surface area contributed by atoms with Gasteiger partial charge in [-0.1, -0.05) is 0 Å². The van der Waals surface area contributed by atoms with Gasteiger partial charge in [-0.15, -0.1) is 0 Å². The van der Waals surface area contributed by atoms with Crippen molar-refractivity contribution in [3.8, 4) is 0 Å². The van der Waals surface area contributed by atoms with Crippen LogP contribution in [0.5, 0.6) is 0 Å². The number of rotatable bonds is 5. The molecule has 0 amide bonds. The van der Waals surface area contributed by atoms with Gasteiger partial charge in [-0.3, -0.25) is 9.59 Å². The van der Waals surface area contributed by atoms with Crippen molar-refractivity contribution in [3.05, 3.63) is 0 Å². The summed E-state index contributed by atoms with van der Waals surface area (Å²) in [6.45, 7) is 0. The third-order valence-corrected chi connectivity index (χ3v) is 1.03. The van der Waals surface area contributed by atoms with Gasteiger partial charge in [0.25, 0.3) is 0 Å². The largest absolute Gasteiger partial charge is 0.481 e. The summed E-state index contributed by atoms with van der Waals surface area (Å²) in [5.41, 5.74) is 0. The molecule has 0 fully saturated rings. The topological polar surface area (TPSA) is 74.6 Å². The van der Waals surface area contributed by atoms with Gasteiger partial charge in [-0.2, -0.15) is 0 Å². The van der Waals surface area contributed by atoms with E-state index in [1.807, 2.05) is 0 Å². The first-order chi connectivity index (χ1) is 4.63. The summed E-state index contributed by atoms with van der Waals surface area (Å²) in [7, 11) is 0. The average Bonchev–Trinajstić information content (AvgIpc) is 1.79. The van der Waals surface area contributed by atoms with Crippen molar-refractivity contribution in [2.75, 3.05) is 0 Å². The molecular formula is C6H10CoO4. The van der Waals surface area contributed by atoms with E-state index < -0.39 is 11.9 Å². The van der Waals surface area contributed by atoms with Gasteiger partial charge in [-0.05, 0) is 12.8 Å². The van der Waals surface area contributed by atoms with Gasteiger partial charge in [0.2, 0.25) is 0 Å². The molecule has 0 aromatic rings. The molecule has 0 aromatic heterocycles. The predicted molar refractivity (Wildman–Crippen MR) is 33.7 cm³/mol. The van der Waals surface area contributed by atoms with Crippen LogP contribution in [-0.4, -0.2) is 22.2 Å². The summed E-state index contributed by atoms with van der Waals surface area (Å²) in [6.07, 6.45) is 1.02. The maximum Gasteiger partial charge on any atom is 0.303 e. The molecule has 0 unspecified atom stereocenters. The van der Waals surface area contributed by atoms with Crippen molar-refractivity contribution in [3.63, 3.8) is 0 Å². The minimum atomic E-state index is -0.870. The number of unbranched alkanes of at least 4 members (excludes halogenated alkanes) is 1. The zero-order chi connectivity index (χ0) is 7.98. The van der Waals surface area contributed by atoms with Gasteiger partial charge in [0.05, 0.1) is 0 Å². The first-order valence-electron chi connectivity index (χ1n) is 3.06. The van der Waals surface area contributed by atoms with E-state index in [1.54, 1.807) is 0 Å². The van der Waals surface area contributed by atoms with Gasteiger partial charge >= 0.3 is 11.9 Å². The molecular weight excluding hydrogens is 195 g/mol. The molecule has 2 N–H and O–H groups in total. The Balaban J connectivity index is 0. The van der Waals surface area contributed by atoms with E-state index in [0.717, 1.165) is 0 Å². The van der Waals surface area contributed by atoms with E-state index in [1.165, 1.54) is 0 Å². The summed E-state index contributed by atoms with van der Waals surface area (Å²) >= 11 is 0. The molecule has 5 heteroatoms. The van der Waals surface area contributed by atoms with E-state index in [9.17, 15) is 9.59 Å². The summed E-state index contributed by atoms with van der Waals surface area (Å²) in [5, 5.41) is 16.3. The second-order valence-corrected chi connectivity index (χ2v) is 1.99. The molecule has 0 heterocycles. The molecule has 0 atom stereocenters. The standard InChI is InChI=1S/C6H10O4.Co/c7-5(8)3-1-2-4-6(9)10;/h1-4H2,(H,7,8)(H,9,10);. The van der Waals surface area contributed by atoms with Crippen LogP contribution in [0, 0.1) is 0 Å². The Morgan fingerprint density at radius 2 is 1.18 bits per heavy atom. The number of carboxylic acid groups (broad SMARTS) is 2. The van der Waals surface area contributed by atoms with Gasteiger partial charge in [0.1, 0.15) is 0 Å². The van der Waals surface area contributed by atoms with E-state index in [2.05, 4.69) is 0 Å². The maximum atomic E-state index is 9.90. The molecule has 0 saturated carbocycles. The minimum absolute atomic E-state index is 0. The number of carboxylic acids is 2. The van der Waals surface area contributed by atoms with E-state index in [4.69, 9.17) is 10.2 Å². The second-order valence-electron chi connectivity index (χ2n) is 1.99. The van der Waals surface area contributed by atoms with Crippen molar-refractivity contribution in [1.29, 1.82) is 0 Å². The van der Waals surface area contributed by atoms with Crippen molar-refractivity contribution in [1.82, 2.24) is 0 Å². The van der Waals surface area contributed by atoms with Crippen molar-refractivity contribution in [2.24, 2.45) is 0 Å². The zero-order valence-corrected chi connectivity index (χ0v) is 6.91. The second kappa shape index (κ2) is 7.55. The molecule has 0 aliphatic heterocycles. The van der Waals surface area contributed by atoms with Gasteiger partial charge < -0.3 is 10.2 Å². The minimum Gasteiger partial charge on any atom is -0.481 e. The van der Waals surface area contributed by atoms with Crippen LogP contribution in [0.2, 0.25) is 0 Å². The average molecular weight is 205 g/mol. The summed E-state index contributed by atoms with van der Waals surface area (Å²) in [4.78, 5) is 19.8. The molecule has 1 radical (unpaired) electrons. The van der Waals surface area contributed by atoms with Gasteiger partial charge in [0.15, 0.2) is 0 Å². The first-order valence-corrected chi connectivity index (χ1v) is 3.06. The fraction of sp³-hybridized carbons (Fsp3) is 0.667. The number of aliphatic carboxylic acids is 2. The Kier molecular flexibility index (Phi) is 8.97. The number of carbonyl (C=O) groups is 2.